The number of amides is 1. The van der Waals surface area contributed by atoms with Crippen molar-refractivity contribution in [3.63, 3.8) is 0 Å². The van der Waals surface area contributed by atoms with Crippen LogP contribution in [-0.2, 0) is 6.18 Å². The lowest BCUT2D eigenvalue weighted by molar-refractivity contribution is -0.137. The van der Waals surface area contributed by atoms with Crippen LogP contribution in [0, 0.1) is 12.8 Å². The quantitative estimate of drug-likeness (QED) is 0.853. The number of carbonyl (C=O) groups is 1. The zero-order valence-electron chi connectivity index (χ0n) is 15.1. The second-order valence-electron chi connectivity index (χ2n) is 6.96. The molecule has 1 saturated carbocycles. The van der Waals surface area contributed by atoms with E-state index in [-0.39, 0.29) is 23.6 Å². The molecule has 0 bridgehead atoms. The van der Waals surface area contributed by atoms with E-state index in [0.29, 0.717) is 17.8 Å². The molecule has 0 saturated heterocycles. The van der Waals surface area contributed by atoms with E-state index in [1.54, 1.807) is 6.92 Å². The minimum absolute atomic E-state index is 0.0209. The Labute approximate surface area is 155 Å². The Kier molecular flexibility index (Phi) is 5.55. The number of rotatable bonds is 4. The molecular formula is C19H23F3N4O. The van der Waals surface area contributed by atoms with Gasteiger partial charge in [0, 0.05) is 6.04 Å². The van der Waals surface area contributed by atoms with Gasteiger partial charge in [0.1, 0.15) is 0 Å². The molecule has 8 heteroatoms. The van der Waals surface area contributed by atoms with Gasteiger partial charge in [-0.1, -0.05) is 18.9 Å². The average Bonchev–Trinajstić information content (AvgIpc) is 3.03. The molecule has 1 aromatic carbocycles. The van der Waals surface area contributed by atoms with Crippen LogP contribution in [0.3, 0.4) is 0 Å². The highest BCUT2D eigenvalue weighted by molar-refractivity contribution is 5.95. The van der Waals surface area contributed by atoms with Crippen molar-refractivity contribution in [2.24, 2.45) is 11.7 Å². The van der Waals surface area contributed by atoms with Gasteiger partial charge in [-0.05, 0) is 50.4 Å². The van der Waals surface area contributed by atoms with Gasteiger partial charge in [0.15, 0.2) is 0 Å². The van der Waals surface area contributed by atoms with Crippen LogP contribution in [0.5, 0.6) is 0 Å². The normalized spacial score (nSPS) is 20.5. The molecule has 1 heterocycles. The van der Waals surface area contributed by atoms with E-state index in [4.69, 9.17) is 5.73 Å². The van der Waals surface area contributed by atoms with E-state index < -0.39 is 11.7 Å². The number of carbonyl (C=O) groups excluding carboxylic acids is 1. The van der Waals surface area contributed by atoms with E-state index >= 15 is 0 Å². The second kappa shape index (κ2) is 7.72. The summed E-state index contributed by atoms with van der Waals surface area (Å²) in [7, 11) is 0. The van der Waals surface area contributed by atoms with Crippen LogP contribution in [0.4, 0.5) is 13.2 Å². The number of hydrogen-bond donors (Lipinski definition) is 2. The smallest absolute Gasteiger partial charge is 0.349 e. The van der Waals surface area contributed by atoms with E-state index in [2.05, 4.69) is 10.4 Å². The topological polar surface area (TPSA) is 72.9 Å². The highest BCUT2D eigenvalue weighted by Crippen LogP contribution is 2.30. The van der Waals surface area contributed by atoms with Gasteiger partial charge in [-0.15, -0.1) is 0 Å². The molecule has 1 fully saturated rings. The maximum absolute atomic E-state index is 12.9. The largest absolute Gasteiger partial charge is 0.416 e. The van der Waals surface area contributed by atoms with Crippen molar-refractivity contribution < 1.29 is 18.0 Å². The van der Waals surface area contributed by atoms with Crippen molar-refractivity contribution in [2.75, 3.05) is 6.54 Å². The zero-order valence-corrected chi connectivity index (χ0v) is 15.1. The van der Waals surface area contributed by atoms with E-state index in [0.717, 1.165) is 37.8 Å². The molecule has 1 amide bonds. The molecule has 3 rings (SSSR count). The van der Waals surface area contributed by atoms with Gasteiger partial charge < -0.3 is 11.1 Å². The summed E-state index contributed by atoms with van der Waals surface area (Å²) in [5.41, 5.74) is 6.16. The van der Waals surface area contributed by atoms with Gasteiger partial charge in [-0.25, -0.2) is 4.68 Å². The van der Waals surface area contributed by atoms with Crippen molar-refractivity contribution in [3.05, 3.63) is 47.3 Å². The molecule has 0 aliphatic heterocycles. The highest BCUT2D eigenvalue weighted by atomic mass is 19.4. The Morgan fingerprint density at radius 3 is 2.78 bits per heavy atom. The third kappa shape index (κ3) is 4.16. The Morgan fingerprint density at radius 1 is 1.33 bits per heavy atom. The number of aromatic nitrogens is 2. The molecule has 146 valence electrons. The third-order valence-corrected chi connectivity index (χ3v) is 5.20. The van der Waals surface area contributed by atoms with Crippen LogP contribution < -0.4 is 11.1 Å². The Morgan fingerprint density at radius 2 is 2.07 bits per heavy atom. The van der Waals surface area contributed by atoms with Crippen LogP contribution in [0.2, 0.25) is 0 Å². The summed E-state index contributed by atoms with van der Waals surface area (Å²) in [5.74, 6) is -0.0161. The lowest BCUT2D eigenvalue weighted by Crippen LogP contribution is -2.44. The van der Waals surface area contributed by atoms with E-state index in [9.17, 15) is 18.0 Å². The predicted molar refractivity (Wildman–Crippen MR) is 95.6 cm³/mol. The Balaban J connectivity index is 1.82. The summed E-state index contributed by atoms with van der Waals surface area (Å²) < 4.78 is 40.2. The summed E-state index contributed by atoms with van der Waals surface area (Å²) in [6.45, 7) is 2.19. The molecule has 3 N–H and O–H groups in total. The second-order valence-corrected chi connectivity index (χ2v) is 6.96. The van der Waals surface area contributed by atoms with Crippen LogP contribution >= 0.6 is 0 Å². The van der Waals surface area contributed by atoms with Gasteiger partial charge in [-0.2, -0.15) is 18.3 Å². The van der Waals surface area contributed by atoms with Gasteiger partial charge >= 0.3 is 6.18 Å². The molecule has 2 unspecified atom stereocenters. The van der Waals surface area contributed by atoms with Crippen molar-refractivity contribution in [2.45, 2.75) is 44.8 Å². The molecule has 1 aliphatic rings. The molecule has 0 spiro atoms. The number of hydrogen-bond acceptors (Lipinski definition) is 3. The van der Waals surface area contributed by atoms with Crippen molar-refractivity contribution in [1.82, 2.24) is 15.1 Å². The van der Waals surface area contributed by atoms with Crippen molar-refractivity contribution in [3.8, 4) is 5.69 Å². The van der Waals surface area contributed by atoms with E-state index in [1.165, 1.54) is 23.0 Å². The SMILES string of the molecule is Cc1c(C(=O)NC2CCCCC2CN)cnn1-c1cccc(C(F)(F)F)c1. The fraction of sp³-hybridized carbons (Fsp3) is 0.474. The molecule has 0 radical (unpaired) electrons. The molecule has 5 nitrogen and oxygen atoms in total. The molecule has 2 atom stereocenters. The van der Waals surface area contributed by atoms with Gasteiger partial charge in [0.05, 0.1) is 28.7 Å². The first-order chi connectivity index (χ1) is 12.8. The first-order valence-electron chi connectivity index (χ1n) is 9.04. The summed E-state index contributed by atoms with van der Waals surface area (Å²) >= 11 is 0. The number of nitrogens with one attached hydrogen (secondary N) is 1. The Bertz CT molecular complexity index is 816. The fourth-order valence-corrected chi connectivity index (χ4v) is 3.63. The van der Waals surface area contributed by atoms with Crippen LogP contribution in [0.25, 0.3) is 5.69 Å². The number of halogens is 3. The maximum Gasteiger partial charge on any atom is 0.416 e. The van der Waals surface area contributed by atoms with Gasteiger partial charge in [-0.3, -0.25) is 4.79 Å². The highest BCUT2D eigenvalue weighted by Gasteiger charge is 2.31. The zero-order chi connectivity index (χ0) is 19.6. The molecule has 27 heavy (non-hydrogen) atoms. The fourth-order valence-electron chi connectivity index (χ4n) is 3.63. The molecular weight excluding hydrogens is 357 g/mol. The van der Waals surface area contributed by atoms with Crippen LogP contribution in [0.15, 0.2) is 30.5 Å². The Hall–Kier alpha value is -2.35. The number of benzene rings is 1. The summed E-state index contributed by atoms with van der Waals surface area (Å²) in [6.07, 6.45) is 0.990. The van der Waals surface area contributed by atoms with Gasteiger partial charge in [0.2, 0.25) is 0 Å². The molecule has 2 aromatic rings. The van der Waals surface area contributed by atoms with Crippen LogP contribution in [-0.4, -0.2) is 28.3 Å². The van der Waals surface area contributed by atoms with Crippen molar-refractivity contribution >= 4 is 5.91 Å². The third-order valence-electron chi connectivity index (χ3n) is 5.20. The summed E-state index contributed by atoms with van der Waals surface area (Å²) in [6, 6.07) is 4.90. The van der Waals surface area contributed by atoms with Gasteiger partial charge in [0.25, 0.3) is 5.91 Å². The average molecular weight is 380 g/mol. The number of nitrogens with zero attached hydrogens (tertiary/aromatic N) is 2. The lowest BCUT2D eigenvalue weighted by atomic mass is 9.84. The first kappa shape index (κ1) is 19.4. The molecule has 1 aliphatic carbocycles. The van der Waals surface area contributed by atoms with E-state index in [1.807, 2.05) is 0 Å². The number of nitrogens with two attached hydrogens (primary N) is 1. The maximum atomic E-state index is 12.9. The first-order valence-corrected chi connectivity index (χ1v) is 9.04. The minimum Gasteiger partial charge on any atom is -0.349 e. The van der Waals surface area contributed by atoms with Crippen LogP contribution in [0.1, 0.15) is 47.3 Å². The minimum atomic E-state index is -4.44. The summed E-state index contributed by atoms with van der Waals surface area (Å²) in [4.78, 5) is 12.7. The lowest BCUT2D eigenvalue weighted by Gasteiger charge is -2.31. The summed E-state index contributed by atoms with van der Waals surface area (Å²) in [5, 5.41) is 7.15. The number of alkyl halides is 3. The molecule has 1 aromatic heterocycles. The van der Waals surface area contributed by atoms with Crippen molar-refractivity contribution in [1.29, 1.82) is 0 Å². The monoisotopic (exact) mass is 380 g/mol. The predicted octanol–water partition coefficient (Wildman–Crippen LogP) is 3.45. The standard InChI is InChI=1S/C19H23F3N4O/c1-12-16(18(27)25-17-8-3-2-5-13(17)10-23)11-24-26(12)15-7-4-6-14(9-15)19(20,21)22/h4,6-7,9,11,13,17H,2-3,5,8,10,23H2,1H3,(H,25,27).